The summed E-state index contributed by atoms with van der Waals surface area (Å²) in [6.07, 6.45) is 2.53. The maximum atomic E-state index is 11.3. The molecule has 2 heterocycles. The molecule has 0 saturated carbocycles. The quantitative estimate of drug-likeness (QED) is 0.916. The van der Waals surface area contributed by atoms with Crippen LogP contribution in [-0.4, -0.2) is 33.6 Å². The van der Waals surface area contributed by atoms with Gasteiger partial charge in [-0.25, -0.2) is 14.8 Å². The molecule has 1 atom stereocenters. The van der Waals surface area contributed by atoms with Gasteiger partial charge >= 0.3 is 5.97 Å². The zero-order chi connectivity index (χ0) is 14.9. The van der Waals surface area contributed by atoms with E-state index < -0.39 is 5.97 Å². The van der Waals surface area contributed by atoms with Gasteiger partial charge in [-0.1, -0.05) is 6.92 Å². The smallest absolute Gasteiger partial charge is 0.346 e. The molecule has 0 aliphatic rings. The van der Waals surface area contributed by atoms with Crippen LogP contribution in [0, 0.1) is 6.92 Å². The minimum Gasteiger partial charge on any atom is -0.477 e. The number of thiophene rings is 1. The summed E-state index contributed by atoms with van der Waals surface area (Å²) in [7, 11) is 0. The fourth-order valence-electron chi connectivity index (χ4n) is 2.37. The third-order valence-electron chi connectivity index (χ3n) is 3.64. The van der Waals surface area contributed by atoms with Crippen molar-refractivity contribution in [2.75, 3.05) is 11.4 Å². The number of carbonyl (C=O) groups is 1. The molecule has 2 rings (SSSR count). The number of aromatic carboxylic acids is 1. The molecular formula is C14H19N3O2S. The van der Waals surface area contributed by atoms with Gasteiger partial charge in [0, 0.05) is 12.6 Å². The van der Waals surface area contributed by atoms with Gasteiger partial charge in [0.2, 0.25) is 0 Å². The number of fused-ring (bicyclic) bond motifs is 1. The first kappa shape index (κ1) is 14.7. The zero-order valence-electron chi connectivity index (χ0n) is 12.2. The predicted octanol–water partition coefficient (Wildman–Crippen LogP) is 3.32. The average molecular weight is 293 g/mol. The molecule has 20 heavy (non-hydrogen) atoms. The van der Waals surface area contributed by atoms with Crippen LogP contribution >= 0.6 is 11.3 Å². The standard InChI is InChI=1S/C14H19N3O2S/c1-5-8(3)17(6-2)12-10-9(4)11(14(18)19)20-13(10)16-7-15-12/h7-8H,5-6H2,1-4H3,(H,18,19). The lowest BCUT2D eigenvalue weighted by Gasteiger charge is -2.28. The molecule has 6 heteroatoms. The number of rotatable bonds is 5. The SMILES string of the molecule is CCC(C)N(CC)c1ncnc2sc(C(=O)O)c(C)c12. The predicted molar refractivity (Wildman–Crippen MR) is 81.9 cm³/mol. The van der Waals surface area contributed by atoms with Crippen LogP contribution in [0.1, 0.15) is 42.4 Å². The normalized spacial score (nSPS) is 12.6. The van der Waals surface area contributed by atoms with E-state index in [0.717, 1.165) is 34.6 Å². The van der Waals surface area contributed by atoms with Crippen LogP contribution in [0.15, 0.2) is 6.33 Å². The van der Waals surface area contributed by atoms with Gasteiger partial charge in [-0.3, -0.25) is 0 Å². The number of nitrogens with zero attached hydrogens (tertiary/aromatic N) is 3. The van der Waals surface area contributed by atoms with E-state index in [1.54, 1.807) is 0 Å². The third-order valence-corrected chi connectivity index (χ3v) is 4.82. The highest BCUT2D eigenvalue weighted by Gasteiger charge is 2.22. The fourth-order valence-corrected chi connectivity index (χ4v) is 3.35. The Hall–Kier alpha value is -1.69. The molecule has 0 aromatic carbocycles. The lowest BCUT2D eigenvalue weighted by Crippen LogP contribution is -2.33. The highest BCUT2D eigenvalue weighted by atomic mass is 32.1. The number of carboxylic acid groups (broad SMARTS) is 1. The summed E-state index contributed by atoms with van der Waals surface area (Å²) in [5, 5.41) is 10.1. The van der Waals surface area contributed by atoms with Gasteiger partial charge in [0.15, 0.2) is 0 Å². The Labute approximate surface area is 122 Å². The van der Waals surface area contributed by atoms with Crippen LogP contribution in [-0.2, 0) is 0 Å². The lowest BCUT2D eigenvalue weighted by atomic mass is 10.1. The van der Waals surface area contributed by atoms with E-state index >= 15 is 0 Å². The second-order valence-corrected chi connectivity index (χ2v) is 5.78. The van der Waals surface area contributed by atoms with Crippen molar-refractivity contribution in [2.24, 2.45) is 0 Å². The van der Waals surface area contributed by atoms with E-state index in [1.807, 2.05) is 6.92 Å². The summed E-state index contributed by atoms with van der Waals surface area (Å²) in [6.45, 7) is 9.03. The summed E-state index contributed by atoms with van der Waals surface area (Å²) >= 11 is 1.22. The molecular weight excluding hydrogens is 274 g/mol. The Morgan fingerprint density at radius 3 is 2.70 bits per heavy atom. The van der Waals surface area contributed by atoms with Gasteiger partial charge in [0.25, 0.3) is 0 Å². The molecule has 0 fully saturated rings. The highest BCUT2D eigenvalue weighted by Crippen LogP contribution is 2.35. The zero-order valence-corrected chi connectivity index (χ0v) is 13.0. The number of aryl methyl sites for hydroxylation is 1. The Balaban J connectivity index is 2.67. The van der Waals surface area contributed by atoms with Gasteiger partial charge in [-0.15, -0.1) is 11.3 Å². The van der Waals surface area contributed by atoms with Crippen molar-refractivity contribution < 1.29 is 9.90 Å². The molecule has 1 N–H and O–H groups in total. The van der Waals surface area contributed by atoms with Crippen LogP contribution in [0.2, 0.25) is 0 Å². The lowest BCUT2D eigenvalue weighted by molar-refractivity contribution is 0.0701. The van der Waals surface area contributed by atoms with Crippen LogP contribution in [0.4, 0.5) is 5.82 Å². The highest BCUT2D eigenvalue weighted by molar-refractivity contribution is 7.20. The number of carboxylic acids is 1. The molecule has 0 saturated heterocycles. The Kier molecular flexibility index (Phi) is 4.23. The minimum absolute atomic E-state index is 0.349. The molecule has 1 unspecified atom stereocenters. The third kappa shape index (κ3) is 2.35. The van der Waals surface area contributed by atoms with Crippen molar-refractivity contribution in [3.8, 4) is 0 Å². The molecule has 0 bridgehead atoms. The number of hydrogen-bond donors (Lipinski definition) is 1. The molecule has 0 aliphatic carbocycles. The average Bonchev–Trinajstić information content (AvgIpc) is 2.78. The minimum atomic E-state index is -0.900. The maximum absolute atomic E-state index is 11.3. The molecule has 108 valence electrons. The van der Waals surface area contributed by atoms with Crippen LogP contribution < -0.4 is 4.90 Å². The summed E-state index contributed by atoms with van der Waals surface area (Å²) in [5.41, 5.74) is 0.759. The second kappa shape index (κ2) is 5.75. The molecule has 2 aromatic heterocycles. The summed E-state index contributed by atoms with van der Waals surface area (Å²) < 4.78 is 0. The van der Waals surface area contributed by atoms with E-state index in [0.29, 0.717) is 10.9 Å². The maximum Gasteiger partial charge on any atom is 0.346 e. The number of hydrogen-bond acceptors (Lipinski definition) is 5. The van der Waals surface area contributed by atoms with E-state index in [2.05, 4.69) is 35.6 Å². The van der Waals surface area contributed by atoms with E-state index in [1.165, 1.54) is 17.7 Å². The Bertz CT molecular complexity index is 639. The van der Waals surface area contributed by atoms with Gasteiger partial charge in [0.1, 0.15) is 21.9 Å². The monoisotopic (exact) mass is 293 g/mol. The first-order valence-corrected chi connectivity index (χ1v) is 7.56. The Morgan fingerprint density at radius 2 is 2.15 bits per heavy atom. The molecule has 5 nitrogen and oxygen atoms in total. The van der Waals surface area contributed by atoms with Gasteiger partial charge < -0.3 is 10.0 Å². The van der Waals surface area contributed by atoms with Gasteiger partial charge in [0.05, 0.1) is 5.39 Å². The van der Waals surface area contributed by atoms with E-state index in [-0.39, 0.29) is 0 Å². The summed E-state index contributed by atoms with van der Waals surface area (Å²) in [6, 6.07) is 0.352. The van der Waals surface area contributed by atoms with E-state index in [4.69, 9.17) is 0 Å². The molecule has 0 radical (unpaired) electrons. The van der Waals surface area contributed by atoms with Crippen molar-refractivity contribution in [3.63, 3.8) is 0 Å². The fraction of sp³-hybridized carbons (Fsp3) is 0.500. The number of anilines is 1. The molecule has 2 aromatic rings. The van der Waals surface area contributed by atoms with Crippen LogP contribution in [0.5, 0.6) is 0 Å². The molecule has 0 spiro atoms. The van der Waals surface area contributed by atoms with Gasteiger partial charge in [-0.05, 0) is 32.8 Å². The van der Waals surface area contributed by atoms with Crippen LogP contribution in [0.25, 0.3) is 10.2 Å². The molecule has 0 amide bonds. The van der Waals surface area contributed by atoms with E-state index in [9.17, 15) is 9.90 Å². The van der Waals surface area contributed by atoms with Crippen molar-refractivity contribution in [3.05, 3.63) is 16.8 Å². The summed E-state index contributed by atoms with van der Waals surface area (Å²) in [4.78, 5) is 23.2. The van der Waals surface area contributed by atoms with Crippen LogP contribution in [0.3, 0.4) is 0 Å². The van der Waals surface area contributed by atoms with Crippen molar-refractivity contribution in [1.29, 1.82) is 0 Å². The first-order valence-electron chi connectivity index (χ1n) is 6.75. The van der Waals surface area contributed by atoms with Crippen molar-refractivity contribution in [1.82, 2.24) is 9.97 Å². The van der Waals surface area contributed by atoms with Gasteiger partial charge in [-0.2, -0.15) is 0 Å². The first-order chi connectivity index (χ1) is 9.51. The Morgan fingerprint density at radius 1 is 1.45 bits per heavy atom. The summed E-state index contributed by atoms with van der Waals surface area (Å²) in [5.74, 6) is -0.0591. The number of aromatic nitrogens is 2. The van der Waals surface area contributed by atoms with Crippen molar-refractivity contribution >= 4 is 33.3 Å². The second-order valence-electron chi connectivity index (χ2n) is 4.78. The van der Waals surface area contributed by atoms with Crippen molar-refractivity contribution in [2.45, 2.75) is 40.2 Å². The topological polar surface area (TPSA) is 66.3 Å². The molecule has 0 aliphatic heterocycles. The largest absolute Gasteiger partial charge is 0.477 e.